The fourth-order valence-electron chi connectivity index (χ4n) is 2.98. The summed E-state index contributed by atoms with van der Waals surface area (Å²) in [4.78, 5) is 23.7. The molecule has 37 heavy (non-hydrogen) atoms. The van der Waals surface area contributed by atoms with Crippen molar-refractivity contribution < 1.29 is 41.1 Å². The van der Waals surface area contributed by atoms with Gasteiger partial charge < -0.3 is 30.2 Å². The lowest BCUT2D eigenvalue weighted by atomic mass is 10.2. The summed E-state index contributed by atoms with van der Waals surface area (Å²) in [5, 5.41) is 4.15. The number of alkyl halides is 3. The van der Waals surface area contributed by atoms with E-state index in [0.717, 1.165) is 12.1 Å². The van der Waals surface area contributed by atoms with E-state index in [9.17, 15) is 27.3 Å². The molecule has 9 nitrogen and oxygen atoms in total. The van der Waals surface area contributed by atoms with Crippen molar-refractivity contribution in [2.75, 3.05) is 18.5 Å². The number of ether oxygens (including phenoxy) is 1. The predicted molar refractivity (Wildman–Crippen MR) is 129 cm³/mol. The first-order chi connectivity index (χ1) is 17.6. The smallest absolute Gasteiger partial charge is 0.448 e. The van der Waals surface area contributed by atoms with Crippen molar-refractivity contribution in [3.8, 4) is 11.5 Å². The third-order valence-corrected chi connectivity index (χ3v) is 6.61. The van der Waals surface area contributed by atoms with Crippen molar-refractivity contribution in [1.82, 2.24) is 5.32 Å². The maximum absolute atomic E-state index is 14.3. The highest BCUT2D eigenvalue weighted by Crippen LogP contribution is 2.59. The number of hydrogen-bond acceptors (Lipinski definition) is 7. The molecule has 1 unspecified atom stereocenters. The Kier molecular flexibility index (Phi) is 9.15. The monoisotopic (exact) mass is 537 g/mol. The zero-order valence-electron chi connectivity index (χ0n) is 19.2. The topological polar surface area (TPSA) is 129 Å². The molecule has 4 N–H and O–H groups in total. The number of halogens is 3. The van der Waals surface area contributed by atoms with E-state index in [1.54, 1.807) is 41.7 Å². The maximum atomic E-state index is 14.3. The van der Waals surface area contributed by atoms with Gasteiger partial charge in [0.1, 0.15) is 18.1 Å². The van der Waals surface area contributed by atoms with Gasteiger partial charge in [-0.25, -0.2) is 9.36 Å². The summed E-state index contributed by atoms with van der Waals surface area (Å²) in [6.45, 7) is -0.102. The molecule has 0 fully saturated rings. The van der Waals surface area contributed by atoms with Gasteiger partial charge in [-0.2, -0.15) is 13.2 Å². The van der Waals surface area contributed by atoms with Crippen LogP contribution >= 0.6 is 7.60 Å². The molecule has 0 aliphatic heterocycles. The maximum Gasteiger partial charge on any atom is 0.471 e. The first kappa shape index (κ1) is 27.6. The summed E-state index contributed by atoms with van der Waals surface area (Å²) >= 11 is 0. The van der Waals surface area contributed by atoms with E-state index in [-0.39, 0.29) is 35.9 Å². The number of nitrogens with two attached hydrogens (primary N) is 1. The predicted octanol–water partition coefficient (Wildman–Crippen LogP) is 5.22. The third-order valence-electron chi connectivity index (χ3n) is 4.62. The molecule has 3 rings (SSSR count). The van der Waals surface area contributed by atoms with Crippen LogP contribution in [0.1, 0.15) is 11.3 Å². The van der Waals surface area contributed by atoms with Crippen molar-refractivity contribution >= 4 is 25.3 Å². The molecule has 0 bridgehead atoms. The van der Waals surface area contributed by atoms with Gasteiger partial charge in [-0.3, -0.25) is 4.79 Å². The molecule has 3 aromatic carbocycles. The molecule has 1 atom stereocenters. The van der Waals surface area contributed by atoms with Crippen LogP contribution < -0.4 is 25.4 Å². The molecule has 0 aliphatic carbocycles. The van der Waals surface area contributed by atoms with Crippen LogP contribution in [0.2, 0.25) is 0 Å². The number of benzene rings is 3. The number of anilines is 1. The number of para-hydroxylation sites is 2. The SMILES string of the molecule is NCCOC(=O)NC(c1ccc(NC(=O)C(F)(F)F)cc1)P(=O)(Oc1ccccc1)Oc1ccccc1. The number of amides is 2. The van der Waals surface area contributed by atoms with E-state index in [0.29, 0.717) is 0 Å². The largest absolute Gasteiger partial charge is 0.471 e. The molecule has 0 saturated heterocycles. The molecular formula is C24H23F3N3O6P. The van der Waals surface area contributed by atoms with Gasteiger partial charge in [0.25, 0.3) is 0 Å². The van der Waals surface area contributed by atoms with Crippen LogP contribution in [-0.2, 0) is 14.1 Å². The molecule has 0 radical (unpaired) electrons. The summed E-state index contributed by atoms with van der Waals surface area (Å²) in [6.07, 6.45) is -6.07. The van der Waals surface area contributed by atoms with Gasteiger partial charge in [-0.05, 0) is 42.0 Å². The van der Waals surface area contributed by atoms with E-state index in [4.69, 9.17) is 19.5 Å². The second-order valence-corrected chi connectivity index (χ2v) is 9.36. The number of carbonyl (C=O) groups excluding carboxylic acids is 2. The van der Waals surface area contributed by atoms with Gasteiger partial charge in [0, 0.05) is 12.2 Å². The molecule has 196 valence electrons. The van der Waals surface area contributed by atoms with E-state index in [2.05, 4.69) is 5.32 Å². The minimum atomic E-state index is -5.09. The van der Waals surface area contributed by atoms with Gasteiger partial charge >= 0.3 is 25.8 Å². The number of carbonyl (C=O) groups is 2. The minimum Gasteiger partial charge on any atom is -0.448 e. The van der Waals surface area contributed by atoms with Crippen molar-refractivity contribution in [3.05, 3.63) is 90.5 Å². The van der Waals surface area contributed by atoms with Gasteiger partial charge in [0.2, 0.25) is 0 Å². The van der Waals surface area contributed by atoms with Crippen molar-refractivity contribution in [3.63, 3.8) is 0 Å². The van der Waals surface area contributed by atoms with Gasteiger partial charge in [0.15, 0.2) is 5.78 Å². The molecule has 2 amide bonds. The number of hydrogen-bond donors (Lipinski definition) is 3. The summed E-state index contributed by atoms with van der Waals surface area (Å²) in [5.74, 6) is -3.31. The molecule has 0 heterocycles. The Morgan fingerprint density at radius 1 is 0.865 bits per heavy atom. The fourth-order valence-corrected chi connectivity index (χ4v) is 4.86. The van der Waals surface area contributed by atoms with Crippen LogP contribution in [0.3, 0.4) is 0 Å². The zero-order chi connectivity index (χ0) is 26.9. The molecule has 0 saturated carbocycles. The Morgan fingerprint density at radius 3 is 1.84 bits per heavy atom. The zero-order valence-corrected chi connectivity index (χ0v) is 20.1. The lowest BCUT2D eigenvalue weighted by molar-refractivity contribution is -0.167. The average molecular weight is 537 g/mol. The Hall–Kier alpha value is -4.02. The summed E-state index contributed by atoms with van der Waals surface area (Å²) in [6, 6.07) is 20.9. The van der Waals surface area contributed by atoms with Gasteiger partial charge in [0.05, 0.1) is 0 Å². The molecule has 13 heteroatoms. The Bertz CT molecular complexity index is 1180. The Labute approximate surface area is 210 Å². The lowest BCUT2D eigenvalue weighted by Crippen LogP contribution is -2.32. The standard InChI is InChI=1S/C24H23F3N3O6P/c25-24(26,27)22(31)29-18-13-11-17(12-14-18)21(30-23(32)34-16-15-28)37(33,35-19-7-3-1-4-8-19)36-20-9-5-2-6-10-20/h1-14,21H,15-16,28H2,(H,29,31)(H,30,32). The van der Waals surface area contributed by atoms with Crippen LogP contribution in [0.4, 0.5) is 23.7 Å². The fraction of sp³-hybridized carbons (Fsp3) is 0.167. The minimum absolute atomic E-state index is 0.0321. The van der Waals surface area contributed by atoms with E-state index in [1.165, 1.54) is 36.4 Å². The highest BCUT2D eigenvalue weighted by molar-refractivity contribution is 7.55. The van der Waals surface area contributed by atoms with Crippen LogP contribution in [0.5, 0.6) is 11.5 Å². The summed E-state index contributed by atoms with van der Waals surface area (Å²) in [5.41, 5.74) is 5.32. The molecule has 0 aliphatic rings. The Balaban J connectivity index is 2.01. The van der Waals surface area contributed by atoms with Crippen LogP contribution in [-0.4, -0.2) is 31.3 Å². The van der Waals surface area contributed by atoms with Crippen molar-refractivity contribution in [1.29, 1.82) is 0 Å². The third kappa shape index (κ3) is 7.99. The highest BCUT2D eigenvalue weighted by atomic mass is 31.2. The number of nitrogens with one attached hydrogen (secondary N) is 2. The highest BCUT2D eigenvalue weighted by Gasteiger charge is 2.43. The number of alkyl carbamates (subject to hydrolysis) is 1. The van der Waals surface area contributed by atoms with Crippen LogP contribution in [0.25, 0.3) is 0 Å². The van der Waals surface area contributed by atoms with Gasteiger partial charge in [-0.1, -0.05) is 48.5 Å². The normalized spacial score (nSPS) is 12.2. The lowest BCUT2D eigenvalue weighted by Gasteiger charge is -2.28. The van der Waals surface area contributed by atoms with Gasteiger partial charge in [-0.15, -0.1) is 0 Å². The van der Waals surface area contributed by atoms with E-state index >= 15 is 0 Å². The molecule has 3 aromatic rings. The first-order valence-corrected chi connectivity index (χ1v) is 12.4. The van der Waals surface area contributed by atoms with Crippen molar-refractivity contribution in [2.24, 2.45) is 5.73 Å². The second kappa shape index (κ2) is 12.3. The van der Waals surface area contributed by atoms with Crippen LogP contribution in [0, 0.1) is 0 Å². The number of rotatable bonds is 10. The van der Waals surface area contributed by atoms with Crippen LogP contribution in [0.15, 0.2) is 84.9 Å². The Morgan fingerprint density at radius 2 is 1.38 bits per heavy atom. The average Bonchev–Trinajstić information content (AvgIpc) is 2.87. The van der Waals surface area contributed by atoms with E-state index < -0.39 is 31.6 Å². The quantitative estimate of drug-likeness (QED) is 0.303. The summed E-state index contributed by atoms with van der Waals surface area (Å²) in [7, 11) is -4.36. The second-order valence-electron chi connectivity index (χ2n) is 7.39. The molecular weight excluding hydrogens is 514 g/mol. The molecule has 0 aromatic heterocycles. The van der Waals surface area contributed by atoms with Crippen molar-refractivity contribution in [2.45, 2.75) is 12.0 Å². The van der Waals surface area contributed by atoms with E-state index in [1.807, 2.05) is 0 Å². The summed E-state index contributed by atoms with van der Waals surface area (Å²) < 4.78 is 68.7. The first-order valence-electron chi connectivity index (χ1n) is 10.8. The molecule has 0 spiro atoms.